The number of methoxy groups -OCH3 is 1. The third-order valence-corrected chi connectivity index (χ3v) is 1.46. The normalized spacial score (nSPS) is 9.29. The zero-order valence-electron chi connectivity index (χ0n) is 7.54. The van der Waals surface area contributed by atoms with Gasteiger partial charge in [0.2, 0.25) is 0 Å². The van der Waals surface area contributed by atoms with Gasteiger partial charge in [-0.15, -0.1) is 17.5 Å². The van der Waals surface area contributed by atoms with Crippen molar-refractivity contribution >= 4 is 18.1 Å². The molecule has 0 atom stereocenters. The van der Waals surface area contributed by atoms with Gasteiger partial charge in [0.1, 0.15) is 6.20 Å². The van der Waals surface area contributed by atoms with Crippen LogP contribution in [0.3, 0.4) is 0 Å². The predicted octanol–water partition coefficient (Wildman–Crippen LogP) is 0.180. The molecule has 1 rings (SSSR count). The summed E-state index contributed by atoms with van der Waals surface area (Å²) in [6.07, 6.45) is 1.30. The smallest absolute Gasteiger partial charge is 0.350 e. The summed E-state index contributed by atoms with van der Waals surface area (Å²) >= 11 is 0. The quantitative estimate of drug-likeness (QED) is 0.579. The number of ether oxygens (including phenoxy) is 1. The van der Waals surface area contributed by atoms with Gasteiger partial charge >= 0.3 is 11.6 Å². The summed E-state index contributed by atoms with van der Waals surface area (Å²) in [6.45, 7) is 0.812. The highest BCUT2D eigenvalue weighted by molar-refractivity contribution is 5.85. The number of rotatable bonds is 4. The molecular formula is C6H11ClN4O3. The summed E-state index contributed by atoms with van der Waals surface area (Å²) in [5.41, 5.74) is 5.12. The molecule has 8 heteroatoms. The van der Waals surface area contributed by atoms with Gasteiger partial charge in [0.15, 0.2) is 0 Å². The zero-order chi connectivity index (χ0) is 9.84. The molecule has 0 bridgehead atoms. The van der Waals surface area contributed by atoms with Crippen molar-refractivity contribution in [3.8, 4) is 5.88 Å². The molecule has 0 saturated carbocycles. The number of nitro groups is 1. The molecule has 1 aromatic rings. The Balaban J connectivity index is 0.00000169. The van der Waals surface area contributed by atoms with Crippen LogP contribution in [0.4, 0.5) is 5.69 Å². The highest BCUT2D eigenvalue weighted by Crippen LogP contribution is 2.23. The van der Waals surface area contributed by atoms with Crippen molar-refractivity contribution in [2.45, 2.75) is 6.54 Å². The molecule has 0 saturated heterocycles. The minimum Gasteiger partial charge on any atom is -0.475 e. The average molecular weight is 223 g/mol. The second-order valence-electron chi connectivity index (χ2n) is 2.33. The summed E-state index contributed by atoms with van der Waals surface area (Å²) < 4.78 is 6.11. The van der Waals surface area contributed by atoms with Crippen LogP contribution >= 0.6 is 12.4 Å². The molecule has 7 nitrogen and oxygen atoms in total. The molecule has 0 radical (unpaired) electrons. The van der Waals surface area contributed by atoms with Gasteiger partial charge in [-0.3, -0.25) is 14.8 Å². The second-order valence-corrected chi connectivity index (χ2v) is 2.33. The van der Waals surface area contributed by atoms with Crippen molar-refractivity contribution in [2.75, 3.05) is 13.7 Å². The molecule has 0 aliphatic carbocycles. The summed E-state index contributed by atoms with van der Waals surface area (Å²) in [5, 5.41) is 14.3. The third-order valence-electron chi connectivity index (χ3n) is 1.46. The molecule has 0 aromatic carbocycles. The SMILES string of the molecule is COc1nn(CCN)cc1[N+](=O)[O-].Cl. The van der Waals surface area contributed by atoms with Crippen LogP contribution in [-0.2, 0) is 6.54 Å². The third kappa shape index (κ3) is 2.57. The fourth-order valence-corrected chi connectivity index (χ4v) is 0.911. The first-order chi connectivity index (χ1) is 6.19. The fraction of sp³-hybridized carbons (Fsp3) is 0.500. The van der Waals surface area contributed by atoms with Crippen LogP contribution in [0.5, 0.6) is 5.88 Å². The Hall–Kier alpha value is -1.34. The van der Waals surface area contributed by atoms with Gasteiger partial charge in [-0.1, -0.05) is 0 Å². The van der Waals surface area contributed by atoms with Gasteiger partial charge in [0, 0.05) is 6.54 Å². The molecule has 0 aliphatic rings. The molecule has 0 fully saturated rings. The van der Waals surface area contributed by atoms with E-state index in [0.717, 1.165) is 0 Å². The van der Waals surface area contributed by atoms with Crippen LogP contribution in [0.15, 0.2) is 6.20 Å². The van der Waals surface area contributed by atoms with Gasteiger partial charge in [0.25, 0.3) is 0 Å². The summed E-state index contributed by atoms with van der Waals surface area (Å²) in [5.74, 6) is 0.0125. The van der Waals surface area contributed by atoms with Crippen LogP contribution in [-0.4, -0.2) is 28.4 Å². The largest absolute Gasteiger partial charge is 0.475 e. The van der Waals surface area contributed by atoms with E-state index in [1.165, 1.54) is 18.0 Å². The summed E-state index contributed by atoms with van der Waals surface area (Å²) in [7, 11) is 1.34. The Bertz CT molecular complexity index is 314. The van der Waals surface area contributed by atoms with E-state index < -0.39 is 4.92 Å². The van der Waals surface area contributed by atoms with Crippen LogP contribution in [0, 0.1) is 10.1 Å². The maximum absolute atomic E-state index is 10.4. The van der Waals surface area contributed by atoms with E-state index in [1.807, 2.05) is 0 Å². The Morgan fingerprint density at radius 2 is 2.43 bits per heavy atom. The number of halogens is 1. The van der Waals surface area contributed by atoms with Gasteiger partial charge < -0.3 is 10.5 Å². The highest BCUT2D eigenvalue weighted by atomic mass is 35.5. The predicted molar refractivity (Wildman–Crippen MR) is 51.7 cm³/mol. The average Bonchev–Trinajstić information content (AvgIpc) is 2.48. The first kappa shape index (κ1) is 12.7. The standard InChI is InChI=1S/C6H10N4O3.ClH/c1-13-6-5(10(11)12)4-9(8-6)3-2-7;/h4H,2-3,7H2,1H3;1H. The van der Waals surface area contributed by atoms with Crippen LogP contribution in [0.2, 0.25) is 0 Å². The lowest BCUT2D eigenvalue weighted by molar-refractivity contribution is -0.385. The first-order valence-electron chi connectivity index (χ1n) is 3.65. The van der Waals surface area contributed by atoms with Crippen molar-refractivity contribution in [1.29, 1.82) is 0 Å². The molecule has 0 amide bonds. The minimum absolute atomic E-state index is 0. The maximum atomic E-state index is 10.4. The van der Waals surface area contributed by atoms with E-state index in [2.05, 4.69) is 5.10 Å². The number of hydrogen-bond donors (Lipinski definition) is 1. The number of hydrogen-bond acceptors (Lipinski definition) is 5. The zero-order valence-corrected chi connectivity index (χ0v) is 8.36. The number of aromatic nitrogens is 2. The monoisotopic (exact) mass is 222 g/mol. The molecule has 2 N–H and O–H groups in total. The van der Waals surface area contributed by atoms with Crippen molar-refractivity contribution in [3.63, 3.8) is 0 Å². The Labute approximate surface area is 86.4 Å². The lowest BCUT2D eigenvalue weighted by Crippen LogP contribution is -2.10. The summed E-state index contributed by atoms with van der Waals surface area (Å²) in [6, 6.07) is 0. The highest BCUT2D eigenvalue weighted by Gasteiger charge is 2.19. The van der Waals surface area contributed by atoms with E-state index in [-0.39, 0.29) is 24.0 Å². The Morgan fingerprint density at radius 1 is 1.79 bits per heavy atom. The molecule has 0 aliphatic heterocycles. The van der Waals surface area contributed by atoms with Crippen molar-refractivity contribution in [2.24, 2.45) is 5.73 Å². The second kappa shape index (κ2) is 5.40. The maximum Gasteiger partial charge on any atom is 0.350 e. The van der Waals surface area contributed by atoms with Crippen molar-refractivity contribution < 1.29 is 9.66 Å². The van der Waals surface area contributed by atoms with E-state index in [4.69, 9.17) is 10.5 Å². The minimum atomic E-state index is -0.543. The van der Waals surface area contributed by atoms with Crippen molar-refractivity contribution in [3.05, 3.63) is 16.3 Å². The topological polar surface area (TPSA) is 96.2 Å². The fourth-order valence-electron chi connectivity index (χ4n) is 0.911. The molecule has 80 valence electrons. The molecule has 0 spiro atoms. The van der Waals surface area contributed by atoms with E-state index in [9.17, 15) is 10.1 Å². The van der Waals surface area contributed by atoms with Crippen LogP contribution in [0.25, 0.3) is 0 Å². The Morgan fingerprint density at radius 3 is 2.79 bits per heavy atom. The van der Waals surface area contributed by atoms with E-state index >= 15 is 0 Å². The Kier molecular flexibility index (Phi) is 4.89. The van der Waals surface area contributed by atoms with Gasteiger partial charge in [-0.2, -0.15) is 0 Å². The van der Waals surface area contributed by atoms with Crippen molar-refractivity contribution in [1.82, 2.24) is 9.78 Å². The van der Waals surface area contributed by atoms with Gasteiger partial charge in [0.05, 0.1) is 18.6 Å². The number of nitrogens with two attached hydrogens (primary N) is 1. The number of nitrogens with zero attached hydrogens (tertiary/aromatic N) is 3. The molecule has 1 heterocycles. The van der Waals surface area contributed by atoms with E-state index in [0.29, 0.717) is 13.1 Å². The van der Waals surface area contributed by atoms with Gasteiger partial charge in [-0.05, 0) is 0 Å². The molecule has 14 heavy (non-hydrogen) atoms. The lowest BCUT2D eigenvalue weighted by atomic mass is 10.5. The first-order valence-corrected chi connectivity index (χ1v) is 3.65. The lowest BCUT2D eigenvalue weighted by Gasteiger charge is -1.93. The summed E-state index contributed by atoms with van der Waals surface area (Å²) in [4.78, 5) is 9.90. The molecule has 0 unspecified atom stereocenters. The van der Waals surface area contributed by atoms with Crippen LogP contribution < -0.4 is 10.5 Å². The molecule has 1 aromatic heterocycles. The molecular weight excluding hydrogens is 212 g/mol. The van der Waals surface area contributed by atoms with E-state index in [1.54, 1.807) is 0 Å². The van der Waals surface area contributed by atoms with Crippen LogP contribution in [0.1, 0.15) is 0 Å². The van der Waals surface area contributed by atoms with Gasteiger partial charge in [-0.25, -0.2) is 0 Å².